The Bertz CT molecular complexity index is 391. The number of carbonyl (C=O) groups is 1. The second-order valence-electron chi connectivity index (χ2n) is 4.60. The van der Waals surface area contributed by atoms with E-state index in [2.05, 4.69) is 19.2 Å². The molecule has 1 aliphatic rings. The predicted molar refractivity (Wildman–Crippen MR) is 76.4 cm³/mol. The average molecular weight is 269 g/mol. The molecule has 1 aromatic carbocycles. The second-order valence-corrected chi connectivity index (χ2v) is 4.60. The van der Waals surface area contributed by atoms with Gasteiger partial charge in [0.05, 0.1) is 0 Å². The number of halogens is 1. The molecule has 1 saturated heterocycles. The standard InChI is InChI=1S/C14H20N2O.ClH/c1-3-12-4-6-13(7-5-12)14(17)16-9-8-15-10-11(16)2;/h4-7,11,15H,3,8-10H2,1-2H3;1H. The van der Waals surface area contributed by atoms with Crippen molar-refractivity contribution in [2.45, 2.75) is 26.3 Å². The van der Waals surface area contributed by atoms with Crippen LogP contribution in [0.3, 0.4) is 0 Å². The van der Waals surface area contributed by atoms with E-state index in [1.54, 1.807) is 0 Å². The van der Waals surface area contributed by atoms with Gasteiger partial charge in [-0.05, 0) is 31.0 Å². The number of rotatable bonds is 2. The maximum Gasteiger partial charge on any atom is 0.254 e. The lowest BCUT2D eigenvalue weighted by Gasteiger charge is -2.34. The van der Waals surface area contributed by atoms with Crippen molar-refractivity contribution in [3.63, 3.8) is 0 Å². The molecule has 0 radical (unpaired) electrons. The van der Waals surface area contributed by atoms with E-state index in [1.165, 1.54) is 5.56 Å². The molecule has 1 N–H and O–H groups in total. The lowest BCUT2D eigenvalue weighted by molar-refractivity contribution is 0.0656. The summed E-state index contributed by atoms with van der Waals surface area (Å²) >= 11 is 0. The first-order valence-electron chi connectivity index (χ1n) is 6.33. The van der Waals surface area contributed by atoms with Crippen LogP contribution < -0.4 is 5.32 Å². The van der Waals surface area contributed by atoms with Crippen molar-refractivity contribution in [3.8, 4) is 0 Å². The van der Waals surface area contributed by atoms with Crippen molar-refractivity contribution >= 4 is 18.3 Å². The minimum Gasteiger partial charge on any atom is -0.333 e. The molecule has 1 aromatic rings. The normalized spacial score (nSPS) is 19.2. The van der Waals surface area contributed by atoms with E-state index >= 15 is 0 Å². The first-order valence-corrected chi connectivity index (χ1v) is 6.33. The summed E-state index contributed by atoms with van der Waals surface area (Å²) in [7, 11) is 0. The zero-order valence-corrected chi connectivity index (χ0v) is 11.8. The summed E-state index contributed by atoms with van der Waals surface area (Å²) in [5.74, 6) is 0.154. The molecule has 0 spiro atoms. The molecule has 0 bridgehead atoms. The third-order valence-electron chi connectivity index (χ3n) is 3.37. The molecule has 18 heavy (non-hydrogen) atoms. The van der Waals surface area contributed by atoms with E-state index in [9.17, 15) is 4.79 Å². The molecular formula is C14H21ClN2O. The number of piperazine rings is 1. The lowest BCUT2D eigenvalue weighted by Crippen LogP contribution is -2.52. The van der Waals surface area contributed by atoms with Gasteiger partial charge in [0.15, 0.2) is 0 Å². The van der Waals surface area contributed by atoms with Crippen molar-refractivity contribution in [1.29, 1.82) is 0 Å². The van der Waals surface area contributed by atoms with Crippen LogP contribution in [0.4, 0.5) is 0 Å². The summed E-state index contributed by atoms with van der Waals surface area (Å²) in [5, 5.41) is 3.30. The maximum atomic E-state index is 12.3. The number of aryl methyl sites for hydroxylation is 1. The van der Waals surface area contributed by atoms with Gasteiger partial charge >= 0.3 is 0 Å². The van der Waals surface area contributed by atoms with Gasteiger partial charge < -0.3 is 10.2 Å². The molecule has 0 aromatic heterocycles. The van der Waals surface area contributed by atoms with Crippen LogP contribution >= 0.6 is 12.4 Å². The van der Waals surface area contributed by atoms with Crippen LogP contribution in [0, 0.1) is 0 Å². The third-order valence-corrected chi connectivity index (χ3v) is 3.37. The highest BCUT2D eigenvalue weighted by molar-refractivity contribution is 5.94. The number of hydrogen-bond donors (Lipinski definition) is 1. The van der Waals surface area contributed by atoms with Gasteiger partial charge in [-0.2, -0.15) is 0 Å². The molecule has 1 fully saturated rings. The van der Waals surface area contributed by atoms with E-state index < -0.39 is 0 Å². The van der Waals surface area contributed by atoms with E-state index in [-0.39, 0.29) is 24.4 Å². The van der Waals surface area contributed by atoms with Gasteiger partial charge in [0.1, 0.15) is 0 Å². The fourth-order valence-electron chi connectivity index (χ4n) is 2.19. The Hall–Kier alpha value is -1.06. The summed E-state index contributed by atoms with van der Waals surface area (Å²) in [6.07, 6.45) is 1.01. The van der Waals surface area contributed by atoms with Gasteiger partial charge in [-0.25, -0.2) is 0 Å². The van der Waals surface area contributed by atoms with Crippen LogP contribution in [0.25, 0.3) is 0 Å². The van der Waals surface area contributed by atoms with Crippen LogP contribution in [0.5, 0.6) is 0 Å². The van der Waals surface area contributed by atoms with E-state index in [1.807, 2.05) is 29.2 Å². The number of carbonyl (C=O) groups excluding carboxylic acids is 1. The van der Waals surface area contributed by atoms with Crippen LogP contribution in [0.15, 0.2) is 24.3 Å². The fourth-order valence-corrected chi connectivity index (χ4v) is 2.19. The SMILES string of the molecule is CCc1ccc(C(=O)N2CCNCC2C)cc1.Cl. The van der Waals surface area contributed by atoms with Crippen LogP contribution in [0.2, 0.25) is 0 Å². The van der Waals surface area contributed by atoms with Crippen molar-refractivity contribution in [3.05, 3.63) is 35.4 Å². The Labute approximate surface area is 115 Å². The first-order chi connectivity index (χ1) is 8.22. The molecule has 1 unspecified atom stereocenters. The molecule has 100 valence electrons. The molecule has 1 heterocycles. The van der Waals surface area contributed by atoms with Crippen LogP contribution in [0.1, 0.15) is 29.8 Å². The summed E-state index contributed by atoms with van der Waals surface area (Å²) in [4.78, 5) is 14.3. The molecule has 1 atom stereocenters. The summed E-state index contributed by atoms with van der Waals surface area (Å²) in [6, 6.07) is 8.24. The summed E-state index contributed by atoms with van der Waals surface area (Å²) in [6.45, 7) is 6.79. The topological polar surface area (TPSA) is 32.3 Å². The average Bonchev–Trinajstić information content (AvgIpc) is 2.39. The van der Waals surface area contributed by atoms with Gasteiger partial charge in [-0.15, -0.1) is 12.4 Å². The van der Waals surface area contributed by atoms with Gasteiger partial charge in [-0.1, -0.05) is 19.1 Å². The number of amides is 1. The minimum absolute atomic E-state index is 0. The highest BCUT2D eigenvalue weighted by Gasteiger charge is 2.23. The molecule has 0 aliphatic carbocycles. The Morgan fingerprint density at radius 3 is 2.61 bits per heavy atom. The van der Waals surface area contributed by atoms with Gasteiger partial charge in [-0.3, -0.25) is 4.79 Å². The van der Waals surface area contributed by atoms with Gasteiger partial charge in [0.25, 0.3) is 5.91 Å². The van der Waals surface area contributed by atoms with E-state index in [4.69, 9.17) is 0 Å². The van der Waals surface area contributed by atoms with Crippen molar-refractivity contribution in [1.82, 2.24) is 10.2 Å². The monoisotopic (exact) mass is 268 g/mol. The van der Waals surface area contributed by atoms with Crippen molar-refractivity contribution < 1.29 is 4.79 Å². The fraction of sp³-hybridized carbons (Fsp3) is 0.500. The molecule has 2 rings (SSSR count). The summed E-state index contributed by atoms with van der Waals surface area (Å²) < 4.78 is 0. The Kier molecular flexibility index (Phi) is 5.63. The predicted octanol–water partition coefficient (Wildman–Crippen LogP) is 2.10. The second kappa shape index (κ2) is 6.76. The molecule has 4 heteroatoms. The third kappa shape index (κ3) is 3.24. The molecule has 1 amide bonds. The zero-order valence-electron chi connectivity index (χ0n) is 11.0. The number of nitrogens with one attached hydrogen (secondary N) is 1. The Morgan fingerprint density at radius 2 is 2.06 bits per heavy atom. The van der Waals surface area contributed by atoms with E-state index in [0.717, 1.165) is 31.6 Å². The molecule has 3 nitrogen and oxygen atoms in total. The molecule has 1 aliphatic heterocycles. The number of hydrogen-bond acceptors (Lipinski definition) is 2. The largest absolute Gasteiger partial charge is 0.333 e. The first kappa shape index (κ1) is 15.0. The minimum atomic E-state index is 0. The highest BCUT2D eigenvalue weighted by atomic mass is 35.5. The van der Waals surface area contributed by atoms with E-state index in [0.29, 0.717) is 0 Å². The molecular weight excluding hydrogens is 248 g/mol. The van der Waals surface area contributed by atoms with Gasteiger partial charge in [0, 0.05) is 31.2 Å². The Morgan fingerprint density at radius 1 is 1.39 bits per heavy atom. The zero-order chi connectivity index (χ0) is 12.3. The van der Waals surface area contributed by atoms with Crippen molar-refractivity contribution in [2.75, 3.05) is 19.6 Å². The number of benzene rings is 1. The molecule has 0 saturated carbocycles. The number of nitrogens with zero attached hydrogens (tertiary/aromatic N) is 1. The Balaban J connectivity index is 0.00000162. The highest BCUT2D eigenvalue weighted by Crippen LogP contribution is 2.11. The van der Waals surface area contributed by atoms with Crippen molar-refractivity contribution in [2.24, 2.45) is 0 Å². The summed E-state index contributed by atoms with van der Waals surface area (Å²) in [5.41, 5.74) is 2.07. The quantitative estimate of drug-likeness (QED) is 0.891. The van der Waals surface area contributed by atoms with Crippen LogP contribution in [-0.4, -0.2) is 36.5 Å². The smallest absolute Gasteiger partial charge is 0.254 e. The maximum absolute atomic E-state index is 12.3. The van der Waals surface area contributed by atoms with Crippen LogP contribution in [-0.2, 0) is 6.42 Å². The lowest BCUT2D eigenvalue weighted by atomic mass is 10.1. The van der Waals surface area contributed by atoms with Gasteiger partial charge in [0.2, 0.25) is 0 Å².